The number of likely N-dealkylation sites (tertiary alicyclic amines) is 1. The van der Waals surface area contributed by atoms with E-state index in [2.05, 4.69) is 0 Å². The van der Waals surface area contributed by atoms with E-state index in [0.717, 1.165) is 38.5 Å². The molecule has 3 rings (SSSR count). The first-order chi connectivity index (χ1) is 11.8. The van der Waals surface area contributed by atoms with E-state index >= 15 is 0 Å². The first-order valence-corrected chi connectivity index (χ1v) is 9.24. The van der Waals surface area contributed by atoms with Gasteiger partial charge >= 0.3 is 0 Å². The molecule has 4 nitrogen and oxygen atoms in total. The number of benzene rings is 1. The number of hydrogen-bond donors (Lipinski definition) is 1. The molecule has 1 aliphatic carbocycles. The molecule has 0 unspecified atom stereocenters. The van der Waals surface area contributed by atoms with Crippen molar-refractivity contribution in [2.75, 3.05) is 33.7 Å². The molecular weight excluding hydrogens is 319 g/mol. The van der Waals surface area contributed by atoms with Gasteiger partial charge < -0.3 is 14.9 Å². The first-order valence-electron chi connectivity index (χ1n) is 9.24. The quantitative estimate of drug-likeness (QED) is 0.913. The van der Waals surface area contributed by atoms with Gasteiger partial charge in [0, 0.05) is 19.6 Å². The van der Waals surface area contributed by atoms with Crippen LogP contribution < -0.4 is 0 Å². The standard InChI is InChI=1S/C20H29FN2O2/c1-22(2)15-20(25)9-7-19(8-10-20)11-13-23(14-12-19)18(24)16-5-3-4-6-17(16)21/h3-6,25H,7-15H2,1-2H3. The average molecular weight is 348 g/mol. The molecule has 0 aromatic heterocycles. The minimum atomic E-state index is -0.575. The van der Waals surface area contributed by atoms with Gasteiger partial charge in [-0.2, -0.15) is 0 Å². The Bertz CT molecular complexity index is 614. The van der Waals surface area contributed by atoms with Crippen molar-refractivity contribution in [1.29, 1.82) is 0 Å². The van der Waals surface area contributed by atoms with Crippen molar-refractivity contribution in [2.24, 2.45) is 5.41 Å². The minimum Gasteiger partial charge on any atom is -0.389 e. The Morgan fingerprint density at radius 2 is 1.72 bits per heavy atom. The highest BCUT2D eigenvalue weighted by molar-refractivity contribution is 5.94. The maximum absolute atomic E-state index is 13.9. The molecule has 1 amide bonds. The van der Waals surface area contributed by atoms with Crippen LogP contribution in [0.5, 0.6) is 0 Å². The highest BCUT2D eigenvalue weighted by Crippen LogP contribution is 2.47. The van der Waals surface area contributed by atoms with Gasteiger partial charge in [0.15, 0.2) is 0 Å². The molecule has 1 heterocycles. The lowest BCUT2D eigenvalue weighted by Crippen LogP contribution is -2.49. The van der Waals surface area contributed by atoms with Crippen LogP contribution in [0.1, 0.15) is 48.9 Å². The van der Waals surface area contributed by atoms with Crippen LogP contribution in [-0.4, -0.2) is 60.1 Å². The number of likely N-dealkylation sites (N-methyl/N-ethyl adjacent to an activating group) is 1. The number of carbonyl (C=O) groups excluding carboxylic acids is 1. The van der Waals surface area contributed by atoms with E-state index in [1.807, 2.05) is 19.0 Å². The Morgan fingerprint density at radius 1 is 1.12 bits per heavy atom. The maximum atomic E-state index is 13.9. The molecule has 0 bridgehead atoms. The summed E-state index contributed by atoms with van der Waals surface area (Å²) in [5, 5.41) is 10.7. The molecule has 1 N–H and O–H groups in total. The number of piperidine rings is 1. The Morgan fingerprint density at radius 3 is 2.28 bits per heavy atom. The number of amides is 1. The van der Waals surface area contributed by atoms with Crippen molar-refractivity contribution in [3.05, 3.63) is 35.6 Å². The second-order valence-corrected chi connectivity index (χ2v) is 8.23. The second-order valence-electron chi connectivity index (χ2n) is 8.23. The summed E-state index contributed by atoms with van der Waals surface area (Å²) >= 11 is 0. The van der Waals surface area contributed by atoms with Gasteiger partial charge in [0.05, 0.1) is 11.2 Å². The van der Waals surface area contributed by atoms with Gasteiger partial charge in [-0.15, -0.1) is 0 Å². The first kappa shape index (κ1) is 18.3. The topological polar surface area (TPSA) is 43.8 Å². The van der Waals surface area contributed by atoms with Gasteiger partial charge in [0.25, 0.3) is 5.91 Å². The van der Waals surface area contributed by atoms with Crippen LogP contribution >= 0.6 is 0 Å². The summed E-state index contributed by atoms with van der Waals surface area (Å²) in [6.45, 7) is 2.07. The van der Waals surface area contributed by atoms with E-state index in [-0.39, 0.29) is 16.9 Å². The summed E-state index contributed by atoms with van der Waals surface area (Å²) in [5.74, 6) is -0.646. The number of halogens is 1. The van der Waals surface area contributed by atoms with E-state index in [9.17, 15) is 14.3 Å². The third-order valence-corrected chi connectivity index (χ3v) is 6.07. The van der Waals surface area contributed by atoms with E-state index in [0.29, 0.717) is 19.6 Å². The van der Waals surface area contributed by atoms with Gasteiger partial charge in [-0.25, -0.2) is 4.39 Å². The minimum absolute atomic E-state index is 0.169. The highest BCUT2D eigenvalue weighted by atomic mass is 19.1. The molecular formula is C20H29FN2O2. The Hall–Kier alpha value is -1.46. The Labute approximate surface area is 149 Å². The predicted molar refractivity (Wildman–Crippen MR) is 95.9 cm³/mol. The Balaban J connectivity index is 1.58. The average Bonchev–Trinajstić information content (AvgIpc) is 2.58. The van der Waals surface area contributed by atoms with Crippen LogP contribution in [0, 0.1) is 11.2 Å². The van der Waals surface area contributed by atoms with E-state index in [1.165, 1.54) is 6.07 Å². The fraction of sp³-hybridized carbons (Fsp3) is 0.650. The Kier molecular flexibility index (Phi) is 5.16. The zero-order valence-corrected chi connectivity index (χ0v) is 15.3. The van der Waals surface area contributed by atoms with Crippen LogP contribution in [0.4, 0.5) is 4.39 Å². The van der Waals surface area contributed by atoms with Gasteiger partial charge in [-0.05, 0) is 70.2 Å². The molecule has 1 spiro atoms. The van der Waals surface area contributed by atoms with Crippen LogP contribution in [0.15, 0.2) is 24.3 Å². The smallest absolute Gasteiger partial charge is 0.256 e. The summed E-state index contributed by atoms with van der Waals surface area (Å²) in [6, 6.07) is 6.21. The molecule has 1 saturated heterocycles. The molecule has 138 valence electrons. The molecule has 1 aromatic carbocycles. The largest absolute Gasteiger partial charge is 0.389 e. The molecule has 2 fully saturated rings. The van der Waals surface area contributed by atoms with Crippen LogP contribution in [-0.2, 0) is 0 Å². The summed E-state index contributed by atoms with van der Waals surface area (Å²) in [7, 11) is 3.99. The van der Waals surface area contributed by atoms with Crippen molar-refractivity contribution in [3.8, 4) is 0 Å². The summed E-state index contributed by atoms with van der Waals surface area (Å²) in [4.78, 5) is 16.4. The zero-order valence-electron chi connectivity index (χ0n) is 15.3. The van der Waals surface area contributed by atoms with Crippen molar-refractivity contribution in [3.63, 3.8) is 0 Å². The third-order valence-electron chi connectivity index (χ3n) is 6.07. The molecule has 1 saturated carbocycles. The summed E-state index contributed by atoms with van der Waals surface area (Å²) < 4.78 is 13.9. The van der Waals surface area contributed by atoms with Crippen molar-refractivity contribution in [1.82, 2.24) is 9.80 Å². The molecule has 1 aromatic rings. The number of rotatable bonds is 3. The maximum Gasteiger partial charge on any atom is 0.256 e. The normalized spacial score (nSPS) is 22.4. The summed E-state index contributed by atoms with van der Waals surface area (Å²) in [6.07, 6.45) is 5.58. The second kappa shape index (κ2) is 7.04. The fourth-order valence-electron chi connectivity index (χ4n) is 4.48. The monoisotopic (exact) mass is 348 g/mol. The van der Waals surface area contributed by atoms with Crippen LogP contribution in [0.2, 0.25) is 0 Å². The highest BCUT2D eigenvalue weighted by Gasteiger charge is 2.44. The number of hydrogen-bond acceptors (Lipinski definition) is 3. The molecule has 25 heavy (non-hydrogen) atoms. The number of aliphatic hydroxyl groups is 1. The molecule has 2 aliphatic rings. The lowest BCUT2D eigenvalue weighted by Gasteiger charge is -2.48. The number of carbonyl (C=O) groups is 1. The van der Waals surface area contributed by atoms with Gasteiger partial charge in [0.2, 0.25) is 0 Å². The molecule has 0 atom stereocenters. The zero-order chi connectivity index (χ0) is 18.1. The van der Waals surface area contributed by atoms with E-state index in [4.69, 9.17) is 0 Å². The summed E-state index contributed by atoms with van der Waals surface area (Å²) in [5.41, 5.74) is -0.165. The lowest BCUT2D eigenvalue weighted by molar-refractivity contribution is -0.0616. The third kappa shape index (κ3) is 4.04. The van der Waals surface area contributed by atoms with Crippen LogP contribution in [0.3, 0.4) is 0 Å². The molecule has 5 heteroatoms. The van der Waals surface area contributed by atoms with E-state index < -0.39 is 11.4 Å². The fourth-order valence-corrected chi connectivity index (χ4v) is 4.48. The van der Waals surface area contributed by atoms with Crippen molar-refractivity contribution < 1.29 is 14.3 Å². The van der Waals surface area contributed by atoms with Gasteiger partial charge in [-0.1, -0.05) is 12.1 Å². The lowest BCUT2D eigenvalue weighted by atomic mass is 9.64. The van der Waals surface area contributed by atoms with E-state index in [1.54, 1.807) is 23.1 Å². The van der Waals surface area contributed by atoms with Gasteiger partial charge in [0.1, 0.15) is 5.82 Å². The number of nitrogens with zero attached hydrogens (tertiary/aromatic N) is 2. The predicted octanol–water partition coefficient (Wildman–Crippen LogP) is 2.91. The molecule has 0 radical (unpaired) electrons. The molecule has 1 aliphatic heterocycles. The van der Waals surface area contributed by atoms with Crippen LogP contribution in [0.25, 0.3) is 0 Å². The van der Waals surface area contributed by atoms with Crippen molar-refractivity contribution in [2.45, 2.75) is 44.1 Å². The SMILES string of the molecule is CN(C)CC1(O)CCC2(CCN(C(=O)c3ccccc3F)CC2)CC1. The van der Waals surface area contributed by atoms with Gasteiger partial charge in [-0.3, -0.25) is 4.79 Å². The van der Waals surface area contributed by atoms with Crippen molar-refractivity contribution >= 4 is 5.91 Å².